The third-order valence-corrected chi connectivity index (χ3v) is 5.86. The second kappa shape index (κ2) is 9.22. The summed E-state index contributed by atoms with van der Waals surface area (Å²) in [6.45, 7) is 0.297. The topological polar surface area (TPSA) is 131 Å². The van der Waals surface area contributed by atoms with Crippen LogP contribution in [0.1, 0.15) is 38.3 Å². The first-order valence-corrected chi connectivity index (χ1v) is 11.0. The molecule has 5 rings (SSSR count). The van der Waals surface area contributed by atoms with Gasteiger partial charge in [-0.2, -0.15) is 10.5 Å². The van der Waals surface area contributed by atoms with Gasteiger partial charge in [0.05, 0.1) is 21.7 Å². The molecule has 0 aliphatic carbocycles. The van der Waals surface area contributed by atoms with Crippen molar-refractivity contribution in [2.45, 2.75) is 13.0 Å². The second-order valence-electron chi connectivity index (χ2n) is 7.93. The predicted molar refractivity (Wildman–Crippen MR) is 130 cm³/mol. The molecule has 0 saturated heterocycles. The first-order valence-electron chi connectivity index (χ1n) is 10.6. The molecule has 0 aliphatic rings. The van der Waals surface area contributed by atoms with Gasteiger partial charge in [-0.1, -0.05) is 11.6 Å². The number of hydrogen-bond acceptors (Lipinski definition) is 6. The van der Waals surface area contributed by atoms with E-state index in [1.54, 1.807) is 42.9 Å². The highest BCUT2D eigenvalue weighted by Crippen LogP contribution is 2.23. The zero-order valence-corrected chi connectivity index (χ0v) is 19.0. The molecule has 4 aromatic heterocycles. The van der Waals surface area contributed by atoms with E-state index in [2.05, 4.69) is 37.4 Å². The van der Waals surface area contributed by atoms with E-state index >= 15 is 0 Å². The van der Waals surface area contributed by atoms with Crippen LogP contribution >= 0.6 is 11.6 Å². The number of aromatic amines is 1. The number of nitriles is 2. The summed E-state index contributed by atoms with van der Waals surface area (Å²) in [5, 5.41) is 23.7. The number of rotatable bonds is 5. The van der Waals surface area contributed by atoms with Gasteiger partial charge >= 0.3 is 0 Å². The Kier molecular flexibility index (Phi) is 5.80. The molecule has 0 spiro atoms. The number of nitrogens with one attached hydrogen (secondary N) is 2. The van der Waals surface area contributed by atoms with Crippen molar-refractivity contribution >= 4 is 39.4 Å². The number of carbonyl (C=O) groups excluding carboxylic acids is 1. The first kappa shape index (κ1) is 22.0. The summed E-state index contributed by atoms with van der Waals surface area (Å²) in [6.07, 6.45) is 6.81. The third-order valence-electron chi connectivity index (χ3n) is 5.55. The Bertz CT molecular complexity index is 1690. The lowest BCUT2D eigenvalue weighted by molar-refractivity contribution is 0.0950. The molecule has 0 unspecified atom stereocenters. The Morgan fingerprint density at radius 2 is 1.91 bits per heavy atom. The largest absolute Gasteiger partial charge is 0.348 e. The molecule has 0 saturated carbocycles. The summed E-state index contributed by atoms with van der Waals surface area (Å²) in [6, 6.07) is 14.8. The molecule has 5 aromatic rings. The SMILES string of the molecule is N#Cc1cnc2c(C#N)cc(Cc3cc(C(=O)NCc4cnc5[nH]cc(Cl)c5c4)ccn3)cc2c1. The van der Waals surface area contributed by atoms with Crippen molar-refractivity contribution in [1.29, 1.82) is 10.5 Å². The van der Waals surface area contributed by atoms with E-state index in [0.717, 1.165) is 16.5 Å². The van der Waals surface area contributed by atoms with Gasteiger partial charge in [-0.25, -0.2) is 4.98 Å². The first-order chi connectivity index (χ1) is 17.0. The van der Waals surface area contributed by atoms with E-state index in [0.29, 0.717) is 56.9 Å². The van der Waals surface area contributed by atoms with Gasteiger partial charge in [0.2, 0.25) is 0 Å². The molecule has 1 amide bonds. The molecule has 0 radical (unpaired) electrons. The van der Waals surface area contributed by atoms with Crippen molar-refractivity contribution in [3.63, 3.8) is 0 Å². The van der Waals surface area contributed by atoms with Gasteiger partial charge in [-0.15, -0.1) is 0 Å². The van der Waals surface area contributed by atoms with Crippen LogP contribution in [0, 0.1) is 22.7 Å². The summed E-state index contributed by atoms with van der Waals surface area (Å²) in [4.78, 5) is 28.7. The number of pyridine rings is 3. The van der Waals surface area contributed by atoms with E-state index in [4.69, 9.17) is 16.9 Å². The fourth-order valence-corrected chi connectivity index (χ4v) is 4.08. The number of fused-ring (bicyclic) bond motifs is 2. The highest BCUT2D eigenvalue weighted by molar-refractivity contribution is 6.35. The maximum Gasteiger partial charge on any atom is 0.251 e. The Morgan fingerprint density at radius 3 is 2.74 bits per heavy atom. The highest BCUT2D eigenvalue weighted by atomic mass is 35.5. The van der Waals surface area contributed by atoms with Crippen LogP contribution in [0.3, 0.4) is 0 Å². The normalized spacial score (nSPS) is 10.7. The lowest BCUT2D eigenvalue weighted by atomic mass is 10.0. The number of amides is 1. The Hall–Kier alpha value is -4.79. The van der Waals surface area contributed by atoms with Crippen LogP contribution in [0.2, 0.25) is 5.02 Å². The standard InChI is InChI=1S/C26H16ClN7O/c27-23-14-33-25-22(23)7-17(12-32-25)13-34-26(35)18-1-2-30-21(8-18)6-15-3-19-5-16(9-28)11-31-24(19)20(4-15)10-29/h1-5,7-8,11-12,14H,6,13H2,(H,32,33)(H,34,35). The quantitative estimate of drug-likeness (QED) is 0.385. The summed E-state index contributed by atoms with van der Waals surface area (Å²) >= 11 is 6.15. The summed E-state index contributed by atoms with van der Waals surface area (Å²) in [7, 11) is 0. The zero-order chi connectivity index (χ0) is 24.4. The van der Waals surface area contributed by atoms with Gasteiger partial charge in [0.25, 0.3) is 5.91 Å². The fraction of sp³-hybridized carbons (Fsp3) is 0.0769. The minimum atomic E-state index is -0.243. The molecular weight excluding hydrogens is 462 g/mol. The molecular formula is C26H16ClN7O. The maximum absolute atomic E-state index is 12.8. The van der Waals surface area contributed by atoms with Crippen molar-refractivity contribution in [1.82, 2.24) is 25.3 Å². The molecule has 8 nitrogen and oxygen atoms in total. The number of hydrogen-bond donors (Lipinski definition) is 2. The molecule has 168 valence electrons. The predicted octanol–water partition coefficient (Wildman–Crippen LogP) is 4.42. The molecule has 0 atom stereocenters. The lowest BCUT2D eigenvalue weighted by Gasteiger charge is -2.08. The van der Waals surface area contributed by atoms with E-state index in [-0.39, 0.29) is 5.91 Å². The Labute approximate surface area is 204 Å². The molecule has 2 N–H and O–H groups in total. The van der Waals surface area contributed by atoms with Crippen LogP contribution < -0.4 is 5.32 Å². The average Bonchev–Trinajstić information content (AvgIpc) is 3.26. The van der Waals surface area contributed by atoms with E-state index in [1.807, 2.05) is 12.1 Å². The van der Waals surface area contributed by atoms with Crippen molar-refractivity contribution < 1.29 is 4.79 Å². The van der Waals surface area contributed by atoms with Gasteiger partial charge < -0.3 is 10.3 Å². The van der Waals surface area contributed by atoms with Crippen LogP contribution in [0.15, 0.2) is 61.2 Å². The van der Waals surface area contributed by atoms with Crippen LogP contribution in [0.5, 0.6) is 0 Å². The number of H-pyrrole nitrogens is 1. The molecule has 4 heterocycles. The van der Waals surface area contributed by atoms with E-state index in [9.17, 15) is 10.1 Å². The summed E-state index contributed by atoms with van der Waals surface area (Å²) in [5.41, 5.74) is 4.88. The van der Waals surface area contributed by atoms with Gasteiger partial charge in [0, 0.05) is 59.8 Å². The van der Waals surface area contributed by atoms with Crippen molar-refractivity contribution in [2.24, 2.45) is 0 Å². The molecule has 35 heavy (non-hydrogen) atoms. The maximum atomic E-state index is 12.8. The minimum Gasteiger partial charge on any atom is -0.348 e. The van der Waals surface area contributed by atoms with Crippen molar-refractivity contribution in [3.05, 3.63) is 99.7 Å². The number of benzene rings is 1. The molecule has 0 aliphatic heterocycles. The van der Waals surface area contributed by atoms with Crippen LogP contribution in [0.4, 0.5) is 0 Å². The third kappa shape index (κ3) is 4.51. The van der Waals surface area contributed by atoms with Crippen LogP contribution in [-0.4, -0.2) is 25.8 Å². The van der Waals surface area contributed by atoms with Crippen molar-refractivity contribution in [3.8, 4) is 12.1 Å². The smallest absolute Gasteiger partial charge is 0.251 e. The fourth-order valence-electron chi connectivity index (χ4n) is 3.88. The Morgan fingerprint density at radius 1 is 1.03 bits per heavy atom. The van der Waals surface area contributed by atoms with Gasteiger partial charge in [-0.05, 0) is 47.5 Å². The van der Waals surface area contributed by atoms with Crippen molar-refractivity contribution in [2.75, 3.05) is 0 Å². The summed E-state index contributed by atoms with van der Waals surface area (Å²) in [5.74, 6) is -0.243. The zero-order valence-electron chi connectivity index (χ0n) is 18.2. The molecule has 0 fully saturated rings. The van der Waals surface area contributed by atoms with E-state index in [1.165, 1.54) is 6.20 Å². The van der Waals surface area contributed by atoms with Crippen LogP contribution in [0.25, 0.3) is 21.9 Å². The second-order valence-corrected chi connectivity index (χ2v) is 8.34. The van der Waals surface area contributed by atoms with Gasteiger partial charge in [0.1, 0.15) is 17.8 Å². The Balaban J connectivity index is 1.34. The molecule has 1 aromatic carbocycles. The minimum absolute atomic E-state index is 0.243. The number of carbonyl (C=O) groups is 1. The number of halogens is 1. The monoisotopic (exact) mass is 477 g/mol. The molecule has 0 bridgehead atoms. The van der Waals surface area contributed by atoms with Gasteiger partial charge in [-0.3, -0.25) is 14.8 Å². The highest BCUT2D eigenvalue weighted by Gasteiger charge is 2.11. The summed E-state index contributed by atoms with van der Waals surface area (Å²) < 4.78 is 0. The van der Waals surface area contributed by atoms with Crippen LogP contribution in [-0.2, 0) is 13.0 Å². The number of aromatic nitrogens is 4. The van der Waals surface area contributed by atoms with E-state index < -0.39 is 0 Å². The molecule has 9 heteroatoms. The number of nitrogens with zero attached hydrogens (tertiary/aromatic N) is 5. The van der Waals surface area contributed by atoms with Gasteiger partial charge in [0.15, 0.2) is 0 Å². The average molecular weight is 478 g/mol. The lowest BCUT2D eigenvalue weighted by Crippen LogP contribution is -2.23.